The first kappa shape index (κ1) is 9.44. The maximum Gasteiger partial charge on any atom is 0.323 e. The van der Waals surface area contributed by atoms with Crippen LogP contribution in [0.25, 0.3) is 0 Å². The molecule has 0 saturated carbocycles. The highest BCUT2D eigenvalue weighted by atomic mass is 16.4. The Kier molecular flexibility index (Phi) is 2.79. The van der Waals surface area contributed by atoms with E-state index < -0.39 is 5.97 Å². The molecule has 0 atom stereocenters. The molecule has 0 radical (unpaired) electrons. The van der Waals surface area contributed by atoms with E-state index in [9.17, 15) is 4.79 Å². The molecular weight excluding hydrogens is 170 g/mol. The number of likely N-dealkylation sites (N-methyl/N-ethyl adjacent to an activating group) is 1. The van der Waals surface area contributed by atoms with Gasteiger partial charge in [-0.1, -0.05) is 0 Å². The van der Waals surface area contributed by atoms with Crippen LogP contribution in [0.4, 0.5) is 5.82 Å². The smallest absolute Gasteiger partial charge is 0.323 e. The molecule has 0 aliphatic heterocycles. The number of hydrogen-bond donors (Lipinski definition) is 1. The Bertz CT molecular complexity index is 314. The maximum atomic E-state index is 10.4. The van der Waals surface area contributed by atoms with Gasteiger partial charge in [-0.05, 0) is 6.92 Å². The lowest BCUT2D eigenvalue weighted by atomic mass is 10.4. The lowest BCUT2D eigenvalue weighted by molar-refractivity contribution is -0.135. The maximum absolute atomic E-state index is 10.4. The van der Waals surface area contributed by atoms with Crippen molar-refractivity contribution in [1.82, 2.24) is 9.97 Å². The Morgan fingerprint density at radius 3 is 2.85 bits per heavy atom. The van der Waals surface area contributed by atoms with Crippen molar-refractivity contribution >= 4 is 11.8 Å². The topological polar surface area (TPSA) is 66.3 Å². The average Bonchev–Trinajstić information content (AvgIpc) is 2.03. The summed E-state index contributed by atoms with van der Waals surface area (Å²) in [6, 6.07) is 1.74. The van der Waals surface area contributed by atoms with Crippen LogP contribution in [0.2, 0.25) is 0 Å². The van der Waals surface area contributed by atoms with Crippen molar-refractivity contribution in [2.24, 2.45) is 0 Å². The van der Waals surface area contributed by atoms with E-state index in [0.717, 1.165) is 5.69 Å². The molecule has 0 aliphatic carbocycles. The molecule has 0 saturated heterocycles. The molecule has 0 unspecified atom stereocenters. The number of hydrogen-bond acceptors (Lipinski definition) is 4. The predicted octanol–water partition coefficient (Wildman–Crippen LogP) is 0.306. The van der Waals surface area contributed by atoms with E-state index in [1.54, 1.807) is 18.0 Å². The summed E-state index contributed by atoms with van der Waals surface area (Å²) in [5.41, 5.74) is 0.822. The highest BCUT2D eigenvalue weighted by Gasteiger charge is 2.06. The van der Waals surface area contributed by atoms with E-state index in [4.69, 9.17) is 5.11 Å². The van der Waals surface area contributed by atoms with Gasteiger partial charge < -0.3 is 10.0 Å². The zero-order valence-electron chi connectivity index (χ0n) is 7.56. The number of aryl methyl sites for hydroxylation is 1. The molecule has 1 rings (SSSR count). The number of aromatic nitrogens is 2. The van der Waals surface area contributed by atoms with Crippen LogP contribution in [0.15, 0.2) is 12.4 Å². The molecule has 0 aliphatic rings. The molecule has 0 amide bonds. The minimum absolute atomic E-state index is 0.0591. The fourth-order valence-electron chi connectivity index (χ4n) is 0.933. The fraction of sp³-hybridized carbons (Fsp3) is 0.375. The Morgan fingerprint density at radius 1 is 1.62 bits per heavy atom. The van der Waals surface area contributed by atoms with Crippen molar-refractivity contribution in [3.8, 4) is 0 Å². The Hall–Kier alpha value is -1.65. The van der Waals surface area contributed by atoms with Crippen LogP contribution in [0, 0.1) is 6.92 Å². The number of nitrogens with zero attached hydrogens (tertiary/aromatic N) is 3. The summed E-state index contributed by atoms with van der Waals surface area (Å²) >= 11 is 0. The van der Waals surface area contributed by atoms with Gasteiger partial charge >= 0.3 is 5.97 Å². The highest BCUT2D eigenvalue weighted by molar-refractivity contribution is 5.72. The van der Waals surface area contributed by atoms with E-state index in [0.29, 0.717) is 5.82 Å². The van der Waals surface area contributed by atoms with Crippen LogP contribution < -0.4 is 4.90 Å². The van der Waals surface area contributed by atoms with Crippen LogP contribution >= 0.6 is 0 Å². The van der Waals surface area contributed by atoms with Crippen LogP contribution in [-0.4, -0.2) is 34.6 Å². The van der Waals surface area contributed by atoms with Gasteiger partial charge in [-0.25, -0.2) is 9.97 Å². The van der Waals surface area contributed by atoms with Gasteiger partial charge in [0.1, 0.15) is 18.7 Å². The van der Waals surface area contributed by atoms with Crippen molar-refractivity contribution in [1.29, 1.82) is 0 Å². The molecule has 70 valence electrons. The summed E-state index contributed by atoms with van der Waals surface area (Å²) in [7, 11) is 1.68. The van der Waals surface area contributed by atoms with Crippen LogP contribution in [0.5, 0.6) is 0 Å². The standard InChI is InChI=1S/C8H11N3O2/c1-6-3-7(10-5-9-6)11(2)4-8(12)13/h3,5H,4H2,1-2H3,(H,12,13). The summed E-state index contributed by atoms with van der Waals surface area (Å²) < 4.78 is 0. The van der Waals surface area contributed by atoms with E-state index in [2.05, 4.69) is 9.97 Å². The molecule has 1 N–H and O–H groups in total. The number of rotatable bonds is 3. The van der Waals surface area contributed by atoms with Crippen molar-refractivity contribution in [3.63, 3.8) is 0 Å². The third kappa shape index (κ3) is 2.70. The Labute approximate surface area is 76.0 Å². The number of carboxylic acid groups (broad SMARTS) is 1. The van der Waals surface area contributed by atoms with Gasteiger partial charge in [-0.3, -0.25) is 4.79 Å². The monoisotopic (exact) mass is 181 g/mol. The average molecular weight is 181 g/mol. The number of anilines is 1. The van der Waals surface area contributed by atoms with Gasteiger partial charge in [0.25, 0.3) is 0 Å². The second-order valence-corrected chi connectivity index (χ2v) is 2.77. The summed E-state index contributed by atoms with van der Waals surface area (Å²) in [5.74, 6) is -0.256. The molecule has 0 bridgehead atoms. The molecule has 5 nitrogen and oxygen atoms in total. The largest absolute Gasteiger partial charge is 0.480 e. The first-order chi connectivity index (χ1) is 6.09. The molecule has 5 heteroatoms. The van der Waals surface area contributed by atoms with Crippen LogP contribution in [0.1, 0.15) is 5.69 Å². The summed E-state index contributed by atoms with van der Waals surface area (Å²) in [6.45, 7) is 1.77. The number of carbonyl (C=O) groups is 1. The van der Waals surface area contributed by atoms with Crippen molar-refractivity contribution in [3.05, 3.63) is 18.1 Å². The van der Waals surface area contributed by atoms with Gasteiger partial charge in [0.15, 0.2) is 0 Å². The van der Waals surface area contributed by atoms with E-state index >= 15 is 0 Å². The minimum atomic E-state index is -0.876. The minimum Gasteiger partial charge on any atom is -0.480 e. The van der Waals surface area contributed by atoms with Crippen molar-refractivity contribution in [2.75, 3.05) is 18.5 Å². The molecule has 13 heavy (non-hydrogen) atoms. The lowest BCUT2D eigenvalue weighted by Gasteiger charge is -2.14. The zero-order valence-corrected chi connectivity index (χ0v) is 7.56. The lowest BCUT2D eigenvalue weighted by Crippen LogP contribution is -2.25. The normalized spacial score (nSPS) is 9.69. The predicted molar refractivity (Wildman–Crippen MR) is 47.7 cm³/mol. The number of aliphatic carboxylic acids is 1. The molecule has 1 heterocycles. The SMILES string of the molecule is Cc1cc(N(C)CC(=O)O)ncn1. The summed E-state index contributed by atoms with van der Waals surface area (Å²) in [6.07, 6.45) is 1.42. The van der Waals surface area contributed by atoms with Crippen molar-refractivity contribution < 1.29 is 9.90 Å². The molecule has 0 aromatic carbocycles. The quantitative estimate of drug-likeness (QED) is 0.726. The second kappa shape index (κ2) is 3.84. The number of carboxylic acids is 1. The van der Waals surface area contributed by atoms with Crippen LogP contribution in [-0.2, 0) is 4.79 Å². The van der Waals surface area contributed by atoms with Crippen molar-refractivity contribution in [2.45, 2.75) is 6.92 Å². The van der Waals surface area contributed by atoms with Gasteiger partial charge in [-0.2, -0.15) is 0 Å². The Morgan fingerprint density at radius 2 is 2.31 bits per heavy atom. The summed E-state index contributed by atoms with van der Waals surface area (Å²) in [5, 5.41) is 8.53. The van der Waals surface area contributed by atoms with Gasteiger partial charge in [-0.15, -0.1) is 0 Å². The third-order valence-electron chi connectivity index (χ3n) is 1.55. The molecule has 0 spiro atoms. The molecule has 1 aromatic heterocycles. The zero-order chi connectivity index (χ0) is 9.84. The van der Waals surface area contributed by atoms with Gasteiger partial charge in [0.2, 0.25) is 0 Å². The molecule has 0 fully saturated rings. The fourth-order valence-corrected chi connectivity index (χ4v) is 0.933. The second-order valence-electron chi connectivity index (χ2n) is 2.77. The first-order valence-electron chi connectivity index (χ1n) is 3.81. The van der Waals surface area contributed by atoms with E-state index in [1.807, 2.05) is 6.92 Å². The van der Waals surface area contributed by atoms with Gasteiger partial charge in [0.05, 0.1) is 0 Å². The van der Waals surface area contributed by atoms with E-state index in [-0.39, 0.29) is 6.54 Å². The Balaban J connectivity index is 2.76. The summed E-state index contributed by atoms with van der Waals surface area (Å²) in [4.78, 5) is 19.8. The molecule has 1 aromatic rings. The molecular formula is C8H11N3O2. The van der Waals surface area contributed by atoms with Gasteiger partial charge in [0, 0.05) is 18.8 Å². The first-order valence-corrected chi connectivity index (χ1v) is 3.81. The van der Waals surface area contributed by atoms with E-state index in [1.165, 1.54) is 6.33 Å². The highest BCUT2D eigenvalue weighted by Crippen LogP contribution is 2.07. The third-order valence-corrected chi connectivity index (χ3v) is 1.55. The van der Waals surface area contributed by atoms with Crippen LogP contribution in [0.3, 0.4) is 0 Å².